The Morgan fingerprint density at radius 3 is 2.54 bits per heavy atom. The van der Waals surface area contributed by atoms with E-state index >= 15 is 0 Å². The molecule has 1 saturated carbocycles. The molecule has 0 N–H and O–H groups in total. The first-order valence-corrected chi connectivity index (χ1v) is 4.74. The van der Waals surface area contributed by atoms with Crippen LogP contribution in [0.2, 0.25) is 0 Å². The van der Waals surface area contributed by atoms with E-state index in [4.69, 9.17) is 0 Å². The Labute approximate surface area is 77.5 Å². The third-order valence-corrected chi connectivity index (χ3v) is 2.82. The average molecular weight is 190 g/mol. The zero-order valence-electron chi connectivity index (χ0n) is 8.15. The van der Waals surface area contributed by atoms with Gasteiger partial charge < -0.3 is 0 Å². The van der Waals surface area contributed by atoms with Crippen molar-refractivity contribution in [3.63, 3.8) is 0 Å². The molecular weight excluding hydrogens is 174 g/mol. The molecule has 0 saturated heterocycles. The van der Waals surface area contributed by atoms with Gasteiger partial charge in [0.25, 0.3) is 6.43 Å². The van der Waals surface area contributed by atoms with Gasteiger partial charge in [-0.05, 0) is 24.7 Å². The number of Topliss-reactive ketones (excluding diaryl/α,β-unsaturated/α-hetero) is 1. The van der Waals surface area contributed by atoms with Crippen molar-refractivity contribution in [3.05, 3.63) is 0 Å². The van der Waals surface area contributed by atoms with Gasteiger partial charge in [-0.3, -0.25) is 4.79 Å². The van der Waals surface area contributed by atoms with E-state index in [1.165, 1.54) is 0 Å². The Morgan fingerprint density at radius 2 is 2.08 bits per heavy atom. The Kier molecular flexibility index (Phi) is 3.04. The molecule has 1 aliphatic carbocycles. The molecule has 13 heavy (non-hydrogen) atoms. The van der Waals surface area contributed by atoms with Crippen LogP contribution in [0.4, 0.5) is 8.78 Å². The van der Waals surface area contributed by atoms with E-state index in [-0.39, 0.29) is 5.41 Å². The van der Waals surface area contributed by atoms with E-state index in [9.17, 15) is 13.6 Å². The molecule has 1 rings (SSSR count). The van der Waals surface area contributed by atoms with Crippen LogP contribution < -0.4 is 0 Å². The molecular formula is C10H16F2O. The number of carbonyl (C=O) groups excluding carboxylic acids is 1. The molecule has 0 radical (unpaired) electrons. The van der Waals surface area contributed by atoms with Crippen LogP contribution in [0.15, 0.2) is 0 Å². The molecule has 0 aromatic rings. The highest BCUT2D eigenvalue weighted by atomic mass is 19.3. The highest BCUT2D eigenvalue weighted by molar-refractivity contribution is 5.84. The molecule has 0 aliphatic heterocycles. The number of rotatable bonds is 2. The first-order chi connectivity index (χ1) is 5.92. The summed E-state index contributed by atoms with van der Waals surface area (Å²) in [7, 11) is 0. The predicted molar refractivity (Wildman–Crippen MR) is 46.8 cm³/mol. The number of ketones is 1. The maximum absolute atomic E-state index is 12.1. The van der Waals surface area contributed by atoms with Crippen LogP contribution in [0, 0.1) is 11.3 Å². The van der Waals surface area contributed by atoms with Crippen molar-refractivity contribution in [1.82, 2.24) is 0 Å². The molecule has 0 aromatic heterocycles. The SMILES string of the molecule is CC1(C)CCCC(C(=O)C(F)F)C1. The van der Waals surface area contributed by atoms with E-state index in [0.29, 0.717) is 12.8 Å². The van der Waals surface area contributed by atoms with Gasteiger partial charge in [-0.2, -0.15) is 0 Å². The largest absolute Gasteiger partial charge is 0.296 e. The highest BCUT2D eigenvalue weighted by Gasteiger charge is 2.35. The third kappa shape index (κ3) is 2.75. The van der Waals surface area contributed by atoms with Crippen LogP contribution in [-0.2, 0) is 4.79 Å². The minimum Gasteiger partial charge on any atom is -0.293 e. The van der Waals surface area contributed by atoms with Gasteiger partial charge >= 0.3 is 0 Å². The fourth-order valence-electron chi connectivity index (χ4n) is 2.12. The molecule has 3 heteroatoms. The average Bonchev–Trinajstić information content (AvgIpc) is 2.01. The number of halogens is 2. The standard InChI is InChI=1S/C10H16F2O/c1-10(2)5-3-4-7(6-10)8(13)9(11)12/h7,9H,3-6H2,1-2H3. The summed E-state index contributed by atoms with van der Waals surface area (Å²) in [6.07, 6.45) is 0.428. The van der Waals surface area contributed by atoms with Crippen molar-refractivity contribution < 1.29 is 13.6 Å². The summed E-state index contributed by atoms with van der Waals surface area (Å²) in [5.41, 5.74) is 0.0630. The molecule has 1 aliphatic rings. The maximum atomic E-state index is 12.1. The summed E-state index contributed by atoms with van der Waals surface area (Å²) in [6.45, 7) is 4.08. The van der Waals surface area contributed by atoms with Crippen molar-refractivity contribution in [3.8, 4) is 0 Å². The van der Waals surface area contributed by atoms with Crippen molar-refractivity contribution in [2.24, 2.45) is 11.3 Å². The summed E-state index contributed by atoms with van der Waals surface area (Å²) in [5, 5.41) is 0. The summed E-state index contributed by atoms with van der Waals surface area (Å²) in [6, 6.07) is 0. The van der Waals surface area contributed by atoms with Gasteiger partial charge in [-0.1, -0.05) is 20.3 Å². The topological polar surface area (TPSA) is 17.1 Å². The minimum atomic E-state index is -2.78. The smallest absolute Gasteiger partial charge is 0.293 e. The van der Waals surface area contributed by atoms with Gasteiger partial charge in [-0.15, -0.1) is 0 Å². The predicted octanol–water partition coefficient (Wildman–Crippen LogP) is 3.04. The molecule has 0 bridgehead atoms. The summed E-state index contributed by atoms with van der Waals surface area (Å²) in [5.74, 6) is -1.25. The molecule has 1 atom stereocenters. The highest BCUT2D eigenvalue weighted by Crippen LogP contribution is 2.39. The van der Waals surface area contributed by atoms with Crippen LogP contribution in [0.3, 0.4) is 0 Å². The zero-order valence-corrected chi connectivity index (χ0v) is 8.15. The number of carbonyl (C=O) groups is 1. The van der Waals surface area contributed by atoms with E-state index in [0.717, 1.165) is 12.8 Å². The molecule has 1 fully saturated rings. The number of hydrogen-bond donors (Lipinski definition) is 0. The van der Waals surface area contributed by atoms with Crippen molar-refractivity contribution in [1.29, 1.82) is 0 Å². The fraction of sp³-hybridized carbons (Fsp3) is 0.900. The second-order valence-corrected chi connectivity index (χ2v) is 4.66. The van der Waals surface area contributed by atoms with Gasteiger partial charge in [-0.25, -0.2) is 8.78 Å². The minimum absolute atomic E-state index is 0.0630. The maximum Gasteiger partial charge on any atom is 0.296 e. The normalized spacial score (nSPS) is 27.6. The zero-order chi connectivity index (χ0) is 10.1. The fourth-order valence-corrected chi connectivity index (χ4v) is 2.12. The van der Waals surface area contributed by atoms with Gasteiger partial charge in [0.15, 0.2) is 0 Å². The van der Waals surface area contributed by atoms with Crippen molar-refractivity contribution in [2.45, 2.75) is 46.0 Å². The molecule has 0 aromatic carbocycles. The molecule has 1 unspecified atom stereocenters. The van der Waals surface area contributed by atoms with E-state index in [2.05, 4.69) is 0 Å². The Balaban J connectivity index is 2.57. The Morgan fingerprint density at radius 1 is 1.46 bits per heavy atom. The Bertz CT molecular complexity index is 199. The van der Waals surface area contributed by atoms with Gasteiger partial charge in [0.1, 0.15) is 0 Å². The van der Waals surface area contributed by atoms with Crippen LogP contribution in [0.1, 0.15) is 39.5 Å². The Hall–Kier alpha value is -0.470. The number of alkyl halides is 2. The molecule has 0 spiro atoms. The lowest BCUT2D eigenvalue weighted by Crippen LogP contribution is -2.31. The van der Waals surface area contributed by atoms with Crippen LogP contribution in [-0.4, -0.2) is 12.2 Å². The lowest BCUT2D eigenvalue weighted by molar-refractivity contribution is -0.135. The van der Waals surface area contributed by atoms with E-state index in [1.54, 1.807) is 0 Å². The monoisotopic (exact) mass is 190 g/mol. The third-order valence-electron chi connectivity index (χ3n) is 2.82. The molecule has 0 heterocycles. The number of hydrogen-bond acceptors (Lipinski definition) is 1. The van der Waals surface area contributed by atoms with Gasteiger partial charge in [0, 0.05) is 5.92 Å². The van der Waals surface area contributed by atoms with Crippen LogP contribution in [0.5, 0.6) is 0 Å². The second kappa shape index (κ2) is 3.72. The van der Waals surface area contributed by atoms with Crippen molar-refractivity contribution in [2.75, 3.05) is 0 Å². The van der Waals surface area contributed by atoms with Gasteiger partial charge in [0.2, 0.25) is 5.78 Å². The van der Waals surface area contributed by atoms with E-state index in [1.807, 2.05) is 13.8 Å². The summed E-state index contributed by atoms with van der Waals surface area (Å²) in [4.78, 5) is 11.0. The quantitative estimate of drug-likeness (QED) is 0.654. The van der Waals surface area contributed by atoms with Crippen LogP contribution in [0.25, 0.3) is 0 Å². The second-order valence-electron chi connectivity index (χ2n) is 4.66. The lowest BCUT2D eigenvalue weighted by atomic mass is 9.71. The van der Waals surface area contributed by atoms with Gasteiger partial charge in [0.05, 0.1) is 0 Å². The first kappa shape index (κ1) is 10.6. The molecule has 0 amide bonds. The summed E-state index contributed by atoms with van der Waals surface area (Å²) >= 11 is 0. The van der Waals surface area contributed by atoms with Crippen molar-refractivity contribution >= 4 is 5.78 Å². The van der Waals surface area contributed by atoms with Crippen LogP contribution >= 0.6 is 0 Å². The van der Waals surface area contributed by atoms with E-state index < -0.39 is 18.1 Å². The summed E-state index contributed by atoms with van der Waals surface area (Å²) < 4.78 is 24.2. The molecule has 1 nitrogen and oxygen atoms in total. The molecule has 76 valence electrons. The first-order valence-electron chi connectivity index (χ1n) is 4.74. The lowest BCUT2D eigenvalue weighted by Gasteiger charge is -2.34.